The summed E-state index contributed by atoms with van der Waals surface area (Å²) in [6.07, 6.45) is 2.50. The second kappa shape index (κ2) is 11.0. The third kappa shape index (κ3) is 7.96. The Kier molecular flexibility index (Phi) is 9.22. The van der Waals surface area contributed by atoms with Gasteiger partial charge in [0.25, 0.3) is 5.56 Å². The van der Waals surface area contributed by atoms with E-state index in [0.717, 1.165) is 12.1 Å². The highest BCUT2D eigenvalue weighted by Crippen LogP contribution is 2.24. The molecule has 2 rings (SSSR count). The number of nitrogens with zero attached hydrogens (tertiary/aromatic N) is 3. The highest BCUT2D eigenvalue weighted by atomic mass is 28.3. The summed E-state index contributed by atoms with van der Waals surface area (Å²) in [7, 11) is -0.868. The Morgan fingerprint density at radius 3 is 2.16 bits per heavy atom. The van der Waals surface area contributed by atoms with Crippen LogP contribution in [0.4, 0.5) is 0 Å². The molecule has 2 aromatic rings. The Balaban J connectivity index is 2.25. The van der Waals surface area contributed by atoms with Crippen LogP contribution in [0.25, 0.3) is 10.9 Å². The molecule has 2 aromatic heterocycles. The van der Waals surface area contributed by atoms with Crippen molar-refractivity contribution in [3.8, 4) is 0 Å². The second-order valence-corrected chi connectivity index (χ2v) is 21.7. The van der Waals surface area contributed by atoms with E-state index in [-0.39, 0.29) is 18.9 Å². The molecule has 1 unspecified atom stereocenters. The Morgan fingerprint density at radius 2 is 1.61 bits per heavy atom. The first-order valence-electron chi connectivity index (χ1n) is 10.8. The number of fused-ring (bicyclic) bond motifs is 1. The summed E-state index contributed by atoms with van der Waals surface area (Å²) >= 11 is 0. The van der Waals surface area contributed by atoms with E-state index in [9.17, 15) is 9.90 Å². The molecular weight excluding hydrogens is 430 g/mol. The smallest absolute Gasteiger partial charge is 0.278 e. The lowest BCUT2D eigenvalue weighted by Crippen LogP contribution is -2.27. The first-order chi connectivity index (χ1) is 14.4. The Labute approximate surface area is 187 Å². The van der Waals surface area contributed by atoms with E-state index in [1.54, 1.807) is 12.4 Å². The molecular formula is C21H39N3O5Si2. The minimum absolute atomic E-state index is 0.0942. The van der Waals surface area contributed by atoms with Crippen molar-refractivity contribution >= 4 is 27.1 Å². The molecule has 0 radical (unpaired) electrons. The molecule has 8 nitrogen and oxygen atoms in total. The van der Waals surface area contributed by atoms with Gasteiger partial charge in [0.2, 0.25) is 0 Å². The fraction of sp³-hybridized carbons (Fsp3) is 0.714. The topological polar surface area (TPSA) is 87.7 Å². The Morgan fingerprint density at radius 1 is 1.03 bits per heavy atom. The molecule has 0 saturated heterocycles. The number of aliphatic hydroxyl groups is 1. The summed E-state index contributed by atoms with van der Waals surface area (Å²) < 4.78 is 19.8. The van der Waals surface area contributed by atoms with Gasteiger partial charge in [-0.05, 0) is 12.1 Å². The molecule has 0 bridgehead atoms. The first kappa shape index (κ1) is 26.0. The summed E-state index contributed by atoms with van der Waals surface area (Å²) in [5.41, 5.74) is 0.881. The summed E-state index contributed by atoms with van der Waals surface area (Å²) in [5, 5.41) is 15.3. The molecule has 10 heteroatoms. The number of methoxy groups -OCH3 is 1. The van der Waals surface area contributed by atoms with Crippen molar-refractivity contribution in [2.24, 2.45) is 0 Å². The first-order valence-corrected chi connectivity index (χ1v) is 18.3. The van der Waals surface area contributed by atoms with Crippen LogP contribution in [-0.2, 0) is 27.7 Å². The second-order valence-electron chi connectivity index (χ2n) is 10.4. The third-order valence-corrected chi connectivity index (χ3v) is 8.45. The standard InChI is InChI=1S/C21H39N3O5Si2/c1-27-14-19(25)17-13-23(15-28-8-10-30(2,3)4)18-12-22-24(21(26)20(17)18)16-29-9-11-31(5,6)7/h12-13,19,25H,8-11,14-16H2,1-7H3. The summed E-state index contributed by atoms with van der Waals surface area (Å²) in [4.78, 5) is 13.2. The third-order valence-electron chi connectivity index (χ3n) is 5.04. The normalized spacial score (nSPS) is 13.8. The molecule has 0 aromatic carbocycles. The van der Waals surface area contributed by atoms with Gasteiger partial charge in [-0.1, -0.05) is 39.3 Å². The minimum atomic E-state index is -1.20. The molecule has 1 N–H and O–H groups in total. The van der Waals surface area contributed by atoms with Gasteiger partial charge in [-0.25, -0.2) is 4.68 Å². The molecule has 0 spiro atoms. The molecule has 0 amide bonds. The fourth-order valence-electron chi connectivity index (χ4n) is 3.04. The lowest BCUT2D eigenvalue weighted by molar-refractivity contribution is 0.0638. The molecule has 31 heavy (non-hydrogen) atoms. The predicted molar refractivity (Wildman–Crippen MR) is 129 cm³/mol. The number of rotatable bonds is 13. The van der Waals surface area contributed by atoms with Crippen LogP contribution in [0.5, 0.6) is 0 Å². The van der Waals surface area contributed by atoms with Crippen LogP contribution in [0.2, 0.25) is 51.4 Å². The van der Waals surface area contributed by atoms with Gasteiger partial charge in [-0.3, -0.25) is 4.79 Å². The quantitative estimate of drug-likeness (QED) is 0.357. The number of hydrogen-bond donors (Lipinski definition) is 1. The van der Waals surface area contributed by atoms with Gasteiger partial charge in [-0.2, -0.15) is 5.10 Å². The predicted octanol–water partition coefficient (Wildman–Crippen LogP) is 3.50. The molecule has 0 aliphatic heterocycles. The molecule has 0 fully saturated rings. The van der Waals surface area contributed by atoms with Crippen molar-refractivity contribution in [2.75, 3.05) is 26.9 Å². The number of ether oxygens (including phenoxy) is 3. The largest absolute Gasteiger partial charge is 0.386 e. The van der Waals surface area contributed by atoms with Crippen molar-refractivity contribution in [1.29, 1.82) is 0 Å². The molecule has 1 atom stereocenters. The van der Waals surface area contributed by atoms with Crippen LogP contribution < -0.4 is 5.56 Å². The SMILES string of the molecule is COCC(O)c1cn(COCC[Si](C)(C)C)c2cnn(COCC[Si](C)(C)C)c(=O)c12. The van der Waals surface area contributed by atoms with Crippen molar-refractivity contribution in [2.45, 2.75) is 70.9 Å². The van der Waals surface area contributed by atoms with Crippen LogP contribution in [0, 0.1) is 0 Å². The molecule has 2 heterocycles. The zero-order chi connectivity index (χ0) is 23.2. The van der Waals surface area contributed by atoms with Crippen LogP contribution in [0.15, 0.2) is 17.2 Å². The van der Waals surface area contributed by atoms with Crippen molar-refractivity contribution in [3.05, 3.63) is 28.3 Å². The van der Waals surface area contributed by atoms with E-state index in [1.165, 1.54) is 11.8 Å². The van der Waals surface area contributed by atoms with Gasteiger partial charge >= 0.3 is 0 Å². The van der Waals surface area contributed by atoms with E-state index in [1.807, 2.05) is 4.57 Å². The lowest BCUT2D eigenvalue weighted by atomic mass is 10.1. The molecule has 0 aliphatic carbocycles. The van der Waals surface area contributed by atoms with Gasteiger partial charge in [0, 0.05) is 48.2 Å². The molecule has 0 saturated carbocycles. The monoisotopic (exact) mass is 469 g/mol. The van der Waals surface area contributed by atoms with Crippen molar-refractivity contribution < 1.29 is 19.3 Å². The Bertz CT molecular complexity index is 899. The molecule has 0 aliphatic rings. The minimum Gasteiger partial charge on any atom is -0.386 e. The zero-order valence-electron chi connectivity index (χ0n) is 20.1. The number of aliphatic hydroxyl groups excluding tert-OH is 1. The van der Waals surface area contributed by atoms with Gasteiger partial charge in [0.1, 0.15) is 19.6 Å². The number of aromatic nitrogens is 3. The van der Waals surface area contributed by atoms with E-state index < -0.39 is 22.3 Å². The average molecular weight is 470 g/mol. The summed E-state index contributed by atoms with van der Waals surface area (Å²) in [6.45, 7) is 15.5. The van der Waals surface area contributed by atoms with E-state index in [0.29, 0.717) is 36.4 Å². The molecule has 176 valence electrons. The summed E-state index contributed by atoms with van der Waals surface area (Å²) in [5.74, 6) is 0. The van der Waals surface area contributed by atoms with Crippen LogP contribution >= 0.6 is 0 Å². The maximum atomic E-state index is 13.2. The van der Waals surface area contributed by atoms with Crippen molar-refractivity contribution in [1.82, 2.24) is 14.3 Å². The van der Waals surface area contributed by atoms with Gasteiger partial charge in [-0.15, -0.1) is 0 Å². The number of hydrogen-bond acceptors (Lipinski definition) is 6. The maximum absolute atomic E-state index is 13.2. The highest BCUT2D eigenvalue weighted by molar-refractivity contribution is 6.76. The highest BCUT2D eigenvalue weighted by Gasteiger charge is 2.21. The van der Waals surface area contributed by atoms with Gasteiger partial charge < -0.3 is 23.9 Å². The van der Waals surface area contributed by atoms with Crippen LogP contribution in [0.1, 0.15) is 11.7 Å². The van der Waals surface area contributed by atoms with E-state index in [2.05, 4.69) is 44.4 Å². The van der Waals surface area contributed by atoms with E-state index >= 15 is 0 Å². The zero-order valence-corrected chi connectivity index (χ0v) is 22.1. The maximum Gasteiger partial charge on any atom is 0.278 e. The average Bonchev–Trinajstić information content (AvgIpc) is 3.02. The van der Waals surface area contributed by atoms with Crippen LogP contribution in [-0.4, -0.2) is 62.5 Å². The van der Waals surface area contributed by atoms with Gasteiger partial charge in [0.15, 0.2) is 0 Å². The summed E-state index contributed by atoms with van der Waals surface area (Å²) in [6, 6.07) is 2.08. The van der Waals surface area contributed by atoms with E-state index in [4.69, 9.17) is 14.2 Å². The lowest BCUT2D eigenvalue weighted by Gasteiger charge is -2.16. The fourth-order valence-corrected chi connectivity index (χ4v) is 4.55. The van der Waals surface area contributed by atoms with Gasteiger partial charge in [0.05, 0.1) is 23.7 Å². The van der Waals surface area contributed by atoms with Crippen LogP contribution in [0.3, 0.4) is 0 Å². The Hall–Kier alpha value is -1.31. The van der Waals surface area contributed by atoms with Crippen molar-refractivity contribution in [3.63, 3.8) is 0 Å².